The third-order valence-electron chi connectivity index (χ3n) is 3.39. The van der Waals surface area contributed by atoms with E-state index in [9.17, 15) is 9.59 Å². The van der Waals surface area contributed by atoms with Gasteiger partial charge in [-0.25, -0.2) is 9.78 Å². The van der Waals surface area contributed by atoms with Crippen molar-refractivity contribution < 1.29 is 23.5 Å². The van der Waals surface area contributed by atoms with Crippen LogP contribution in [0.5, 0.6) is 5.75 Å². The van der Waals surface area contributed by atoms with E-state index in [1.807, 2.05) is 0 Å². The van der Waals surface area contributed by atoms with Crippen molar-refractivity contribution in [3.05, 3.63) is 53.9 Å². The molecule has 0 fully saturated rings. The minimum absolute atomic E-state index is 0.133. The van der Waals surface area contributed by atoms with Gasteiger partial charge in [0.25, 0.3) is 0 Å². The molecule has 0 saturated heterocycles. The summed E-state index contributed by atoms with van der Waals surface area (Å²) in [6, 6.07) is 11.9. The van der Waals surface area contributed by atoms with Crippen LogP contribution in [0.2, 0.25) is 0 Å². The molecular weight excluding hydrogens is 324 g/mol. The normalized spacial score (nSPS) is 10.5. The Bertz CT molecular complexity index is 915. The Kier molecular flexibility index (Phi) is 4.65. The zero-order chi connectivity index (χ0) is 17.8. The third-order valence-corrected chi connectivity index (χ3v) is 3.39. The highest BCUT2D eigenvalue weighted by Gasteiger charge is 2.11. The third kappa shape index (κ3) is 3.95. The molecule has 3 aromatic rings. The van der Waals surface area contributed by atoms with Crippen LogP contribution in [-0.4, -0.2) is 24.0 Å². The van der Waals surface area contributed by atoms with Gasteiger partial charge in [-0.15, -0.1) is 0 Å². The number of amides is 1. The number of rotatable bonds is 5. The lowest BCUT2D eigenvalue weighted by molar-refractivity contribution is -0.114. The highest BCUT2D eigenvalue weighted by Crippen LogP contribution is 2.20. The van der Waals surface area contributed by atoms with E-state index in [2.05, 4.69) is 15.0 Å². The molecule has 25 heavy (non-hydrogen) atoms. The molecule has 7 heteroatoms. The number of anilines is 1. The first-order chi connectivity index (χ1) is 12.0. The average molecular weight is 340 g/mol. The Morgan fingerprint density at radius 1 is 1.16 bits per heavy atom. The summed E-state index contributed by atoms with van der Waals surface area (Å²) in [6.45, 7) is 1.59. The number of aromatic nitrogens is 1. The average Bonchev–Trinajstić information content (AvgIpc) is 3.02. The predicted octanol–water partition coefficient (Wildman–Crippen LogP) is 3.15. The number of esters is 1. The van der Waals surface area contributed by atoms with Gasteiger partial charge in [-0.3, -0.25) is 4.79 Å². The second-order valence-corrected chi connectivity index (χ2v) is 5.28. The largest absolute Gasteiger partial charge is 0.484 e. The Morgan fingerprint density at radius 3 is 2.60 bits per heavy atom. The van der Waals surface area contributed by atoms with Gasteiger partial charge in [-0.05, 0) is 42.5 Å². The lowest BCUT2D eigenvalue weighted by atomic mass is 10.2. The molecule has 0 unspecified atom stereocenters. The van der Waals surface area contributed by atoms with Crippen molar-refractivity contribution in [2.24, 2.45) is 0 Å². The highest BCUT2D eigenvalue weighted by atomic mass is 16.5. The molecule has 0 aliphatic heterocycles. The van der Waals surface area contributed by atoms with E-state index in [1.165, 1.54) is 14.0 Å². The van der Waals surface area contributed by atoms with Crippen molar-refractivity contribution in [1.29, 1.82) is 0 Å². The molecule has 7 nitrogen and oxygen atoms in total. The number of carbonyl (C=O) groups is 2. The van der Waals surface area contributed by atoms with Gasteiger partial charge in [0.1, 0.15) is 11.3 Å². The van der Waals surface area contributed by atoms with Gasteiger partial charge < -0.3 is 19.2 Å². The van der Waals surface area contributed by atoms with Crippen molar-refractivity contribution in [3.8, 4) is 5.75 Å². The molecule has 0 aliphatic carbocycles. The van der Waals surface area contributed by atoms with E-state index in [1.54, 1.807) is 42.5 Å². The van der Waals surface area contributed by atoms with Crippen LogP contribution in [0.15, 0.2) is 46.9 Å². The smallest absolute Gasteiger partial charge is 0.337 e. The number of fused-ring (bicyclic) bond motifs is 1. The summed E-state index contributed by atoms with van der Waals surface area (Å²) in [5.41, 5.74) is 2.21. The van der Waals surface area contributed by atoms with E-state index in [0.29, 0.717) is 34.0 Å². The fourth-order valence-electron chi connectivity index (χ4n) is 2.26. The lowest BCUT2D eigenvalue weighted by Crippen LogP contribution is -2.05. The maximum absolute atomic E-state index is 11.5. The van der Waals surface area contributed by atoms with Crippen molar-refractivity contribution >= 4 is 28.7 Å². The molecule has 0 bridgehead atoms. The second kappa shape index (κ2) is 7.04. The van der Waals surface area contributed by atoms with Gasteiger partial charge in [-0.1, -0.05) is 0 Å². The van der Waals surface area contributed by atoms with Crippen LogP contribution in [0.25, 0.3) is 11.1 Å². The van der Waals surface area contributed by atoms with Crippen LogP contribution in [0.1, 0.15) is 23.2 Å². The quantitative estimate of drug-likeness (QED) is 0.718. The van der Waals surface area contributed by atoms with E-state index >= 15 is 0 Å². The molecule has 0 spiro atoms. The maximum Gasteiger partial charge on any atom is 0.337 e. The summed E-state index contributed by atoms with van der Waals surface area (Å²) in [5, 5.41) is 2.68. The van der Waals surface area contributed by atoms with E-state index in [0.717, 1.165) is 0 Å². The lowest BCUT2D eigenvalue weighted by Gasteiger charge is -2.05. The Labute approximate surface area is 143 Å². The topological polar surface area (TPSA) is 90.7 Å². The zero-order valence-corrected chi connectivity index (χ0v) is 13.7. The molecule has 0 radical (unpaired) electrons. The number of methoxy groups -OCH3 is 1. The fraction of sp³-hybridized carbons (Fsp3) is 0.167. The SMILES string of the molecule is COC(=O)c1ccc2nc(COc3ccc(NC(C)=O)cc3)oc2c1. The Balaban J connectivity index is 1.68. The molecule has 0 aliphatic rings. The number of carbonyl (C=O) groups excluding carboxylic acids is 2. The summed E-state index contributed by atoms with van der Waals surface area (Å²) in [7, 11) is 1.32. The van der Waals surface area contributed by atoms with Gasteiger partial charge >= 0.3 is 5.97 Å². The standard InChI is InChI=1S/C18H16N2O5/c1-11(21)19-13-4-6-14(7-5-13)24-10-17-20-15-8-3-12(18(22)23-2)9-16(15)25-17/h3-9H,10H2,1-2H3,(H,19,21). The molecule has 1 aromatic heterocycles. The van der Waals surface area contributed by atoms with Crippen molar-refractivity contribution in [1.82, 2.24) is 4.98 Å². The molecule has 2 aromatic carbocycles. The Hall–Kier alpha value is -3.35. The monoisotopic (exact) mass is 340 g/mol. The number of nitrogens with one attached hydrogen (secondary N) is 1. The molecule has 128 valence electrons. The molecule has 1 heterocycles. The van der Waals surface area contributed by atoms with E-state index in [-0.39, 0.29) is 12.5 Å². The van der Waals surface area contributed by atoms with E-state index in [4.69, 9.17) is 9.15 Å². The molecule has 1 N–H and O–H groups in total. The Morgan fingerprint density at radius 2 is 1.92 bits per heavy atom. The summed E-state index contributed by atoms with van der Waals surface area (Å²) in [4.78, 5) is 26.8. The van der Waals surface area contributed by atoms with Crippen LogP contribution >= 0.6 is 0 Å². The fourth-order valence-corrected chi connectivity index (χ4v) is 2.26. The molecular formula is C18H16N2O5. The van der Waals surface area contributed by atoms with Crippen LogP contribution in [-0.2, 0) is 16.1 Å². The number of ether oxygens (including phenoxy) is 2. The minimum atomic E-state index is -0.435. The molecule has 3 rings (SSSR count). The zero-order valence-electron chi connectivity index (χ0n) is 13.7. The molecule has 0 saturated carbocycles. The molecule has 0 atom stereocenters. The summed E-state index contributed by atoms with van der Waals surface area (Å²) < 4.78 is 15.9. The van der Waals surface area contributed by atoms with E-state index < -0.39 is 5.97 Å². The number of benzene rings is 2. The molecule has 1 amide bonds. The number of oxazole rings is 1. The first-order valence-electron chi connectivity index (χ1n) is 7.53. The number of hydrogen-bond donors (Lipinski definition) is 1. The summed E-state index contributed by atoms with van der Waals surface area (Å²) in [6.07, 6.45) is 0. The van der Waals surface area contributed by atoms with Gasteiger partial charge in [0.2, 0.25) is 11.8 Å². The van der Waals surface area contributed by atoms with Gasteiger partial charge in [0, 0.05) is 12.6 Å². The first-order valence-corrected chi connectivity index (χ1v) is 7.53. The predicted molar refractivity (Wildman–Crippen MR) is 90.4 cm³/mol. The maximum atomic E-state index is 11.5. The van der Waals surface area contributed by atoms with Crippen LogP contribution < -0.4 is 10.1 Å². The number of hydrogen-bond acceptors (Lipinski definition) is 6. The van der Waals surface area contributed by atoms with Crippen LogP contribution in [0.4, 0.5) is 5.69 Å². The van der Waals surface area contributed by atoms with Crippen molar-refractivity contribution in [2.45, 2.75) is 13.5 Å². The van der Waals surface area contributed by atoms with Crippen molar-refractivity contribution in [3.63, 3.8) is 0 Å². The number of nitrogens with zero attached hydrogens (tertiary/aromatic N) is 1. The second-order valence-electron chi connectivity index (χ2n) is 5.28. The van der Waals surface area contributed by atoms with Crippen LogP contribution in [0, 0.1) is 0 Å². The van der Waals surface area contributed by atoms with Gasteiger partial charge in [-0.2, -0.15) is 0 Å². The van der Waals surface area contributed by atoms with Gasteiger partial charge in [0.05, 0.1) is 12.7 Å². The minimum Gasteiger partial charge on any atom is -0.484 e. The first kappa shape index (κ1) is 16.5. The van der Waals surface area contributed by atoms with Gasteiger partial charge in [0.15, 0.2) is 12.2 Å². The summed E-state index contributed by atoms with van der Waals surface area (Å²) >= 11 is 0. The van der Waals surface area contributed by atoms with Crippen LogP contribution in [0.3, 0.4) is 0 Å². The van der Waals surface area contributed by atoms with Crippen molar-refractivity contribution in [2.75, 3.05) is 12.4 Å². The highest BCUT2D eigenvalue weighted by molar-refractivity contribution is 5.93. The summed E-state index contributed by atoms with van der Waals surface area (Å²) in [5.74, 6) is 0.441.